The lowest BCUT2D eigenvalue weighted by atomic mass is 9.98. The lowest BCUT2D eigenvalue weighted by Gasteiger charge is -2.35. The molecule has 1 aromatic carbocycles. The Morgan fingerprint density at radius 3 is 2.60 bits per heavy atom. The highest BCUT2D eigenvalue weighted by Gasteiger charge is 2.23. The van der Waals surface area contributed by atoms with Crippen molar-refractivity contribution in [2.75, 3.05) is 20.7 Å². The van der Waals surface area contributed by atoms with E-state index in [1.807, 2.05) is 0 Å². The molecule has 0 spiro atoms. The smallest absolute Gasteiger partial charge is 0.131 e. The van der Waals surface area contributed by atoms with Gasteiger partial charge in [-0.15, -0.1) is 0 Å². The molecule has 0 bridgehead atoms. The number of benzene rings is 1. The number of hydrogen-bond acceptors (Lipinski definition) is 3. The van der Waals surface area contributed by atoms with Crippen molar-refractivity contribution < 1.29 is 9.13 Å². The highest BCUT2D eigenvalue weighted by molar-refractivity contribution is 5.37. The zero-order chi connectivity index (χ0) is 15.3. The second-order valence-electron chi connectivity index (χ2n) is 5.84. The minimum atomic E-state index is -0.360. The molecule has 0 aromatic heterocycles. The van der Waals surface area contributed by atoms with Gasteiger partial charge in [0.05, 0.1) is 7.11 Å². The quantitative estimate of drug-likeness (QED) is 0.833. The van der Waals surface area contributed by atoms with Gasteiger partial charge >= 0.3 is 0 Å². The van der Waals surface area contributed by atoms with Crippen molar-refractivity contribution in [3.63, 3.8) is 0 Å². The zero-order valence-corrected chi connectivity index (χ0v) is 13.2. The minimum absolute atomic E-state index is 0.124. The summed E-state index contributed by atoms with van der Waals surface area (Å²) in [5, 5.41) is 0. The first-order valence-electron chi connectivity index (χ1n) is 7.12. The fraction of sp³-hybridized carbons (Fsp3) is 0.625. The van der Waals surface area contributed by atoms with Crippen LogP contribution in [0.5, 0.6) is 5.75 Å². The molecule has 114 valence electrons. The Bertz CT molecular complexity index is 434. The van der Waals surface area contributed by atoms with Crippen LogP contribution in [0.3, 0.4) is 0 Å². The molecule has 1 rings (SSSR count). The van der Waals surface area contributed by atoms with Gasteiger partial charge in [0.25, 0.3) is 0 Å². The van der Waals surface area contributed by atoms with E-state index in [0.29, 0.717) is 17.7 Å². The van der Waals surface area contributed by atoms with E-state index in [-0.39, 0.29) is 17.4 Å². The monoisotopic (exact) mass is 282 g/mol. The van der Waals surface area contributed by atoms with E-state index in [4.69, 9.17) is 10.5 Å². The number of ether oxygens (including phenoxy) is 1. The summed E-state index contributed by atoms with van der Waals surface area (Å²) in [6.07, 6.45) is 1.75. The average molecular weight is 282 g/mol. The van der Waals surface area contributed by atoms with E-state index in [1.54, 1.807) is 12.1 Å². The summed E-state index contributed by atoms with van der Waals surface area (Å²) in [6.45, 7) is 7.38. The fourth-order valence-electron chi connectivity index (χ4n) is 2.10. The maximum absolute atomic E-state index is 13.9. The first kappa shape index (κ1) is 16.9. The zero-order valence-electron chi connectivity index (χ0n) is 13.2. The standard InChI is InChI=1S/C16H27FN2O/c1-6-16(2,3)19(4)11-10-13(18)15-12(17)8-7-9-14(15)20-5/h7-9,13H,6,10-11,18H2,1-5H3. The molecule has 0 saturated heterocycles. The first-order valence-corrected chi connectivity index (χ1v) is 7.12. The summed E-state index contributed by atoms with van der Waals surface area (Å²) in [6, 6.07) is 4.45. The lowest BCUT2D eigenvalue weighted by molar-refractivity contribution is 0.146. The van der Waals surface area contributed by atoms with Crippen LogP contribution in [0.25, 0.3) is 0 Å². The van der Waals surface area contributed by atoms with E-state index in [1.165, 1.54) is 13.2 Å². The van der Waals surface area contributed by atoms with Crippen LogP contribution < -0.4 is 10.5 Å². The van der Waals surface area contributed by atoms with Crippen molar-refractivity contribution in [2.24, 2.45) is 5.73 Å². The van der Waals surface area contributed by atoms with Gasteiger partial charge in [-0.1, -0.05) is 13.0 Å². The average Bonchev–Trinajstić information content (AvgIpc) is 2.43. The van der Waals surface area contributed by atoms with Crippen LogP contribution in [0.4, 0.5) is 4.39 Å². The van der Waals surface area contributed by atoms with Crippen LogP contribution in [-0.4, -0.2) is 31.1 Å². The molecule has 1 aromatic rings. The maximum Gasteiger partial charge on any atom is 0.131 e. The van der Waals surface area contributed by atoms with Gasteiger partial charge in [-0.3, -0.25) is 0 Å². The third-order valence-electron chi connectivity index (χ3n) is 4.28. The Kier molecular flexibility index (Phi) is 5.96. The number of methoxy groups -OCH3 is 1. The second-order valence-corrected chi connectivity index (χ2v) is 5.84. The molecule has 4 heteroatoms. The van der Waals surface area contributed by atoms with E-state index >= 15 is 0 Å². The van der Waals surface area contributed by atoms with E-state index in [2.05, 4.69) is 32.7 Å². The third kappa shape index (κ3) is 3.93. The minimum Gasteiger partial charge on any atom is -0.496 e. The normalized spacial score (nSPS) is 13.6. The SMILES string of the molecule is CCC(C)(C)N(C)CCC(N)c1c(F)cccc1OC. The molecule has 0 aliphatic carbocycles. The van der Waals surface area contributed by atoms with Crippen molar-refractivity contribution in [1.29, 1.82) is 0 Å². The van der Waals surface area contributed by atoms with Gasteiger partial charge in [0, 0.05) is 23.7 Å². The molecule has 0 radical (unpaired) electrons. The molecule has 20 heavy (non-hydrogen) atoms. The van der Waals surface area contributed by atoms with Crippen LogP contribution in [0.15, 0.2) is 18.2 Å². The van der Waals surface area contributed by atoms with Crippen LogP contribution in [0, 0.1) is 5.82 Å². The van der Waals surface area contributed by atoms with Gasteiger partial charge in [0.15, 0.2) is 0 Å². The lowest BCUT2D eigenvalue weighted by Crippen LogP contribution is -2.41. The van der Waals surface area contributed by atoms with Gasteiger partial charge < -0.3 is 15.4 Å². The van der Waals surface area contributed by atoms with E-state index in [0.717, 1.165) is 13.0 Å². The Balaban J connectivity index is 2.75. The van der Waals surface area contributed by atoms with Crippen molar-refractivity contribution in [1.82, 2.24) is 4.90 Å². The van der Waals surface area contributed by atoms with Crippen LogP contribution in [-0.2, 0) is 0 Å². The Labute approximate surface area is 121 Å². The van der Waals surface area contributed by atoms with Gasteiger partial charge in [0.2, 0.25) is 0 Å². The summed E-state index contributed by atoms with van der Waals surface area (Å²) < 4.78 is 19.1. The number of nitrogens with two attached hydrogens (primary N) is 1. The largest absolute Gasteiger partial charge is 0.496 e. The van der Waals surface area contributed by atoms with E-state index in [9.17, 15) is 4.39 Å². The summed E-state index contributed by atoms with van der Waals surface area (Å²) in [4.78, 5) is 2.26. The maximum atomic E-state index is 13.9. The first-order chi connectivity index (χ1) is 9.33. The number of hydrogen-bond donors (Lipinski definition) is 1. The number of rotatable bonds is 7. The molecule has 0 saturated carbocycles. The van der Waals surface area contributed by atoms with Crippen LogP contribution in [0.2, 0.25) is 0 Å². The molecule has 0 aliphatic heterocycles. The van der Waals surface area contributed by atoms with Gasteiger partial charge in [-0.05, 0) is 45.9 Å². The molecule has 0 amide bonds. The molecule has 1 unspecified atom stereocenters. The van der Waals surface area contributed by atoms with Gasteiger partial charge in [-0.2, -0.15) is 0 Å². The van der Waals surface area contributed by atoms with Crippen molar-refractivity contribution in [2.45, 2.75) is 45.2 Å². The molecule has 3 nitrogen and oxygen atoms in total. The summed E-state index contributed by atoms with van der Waals surface area (Å²) in [5.74, 6) is 0.226. The Hall–Kier alpha value is -1.13. The highest BCUT2D eigenvalue weighted by atomic mass is 19.1. The van der Waals surface area contributed by atoms with E-state index < -0.39 is 0 Å². The van der Waals surface area contributed by atoms with Crippen LogP contribution >= 0.6 is 0 Å². The summed E-state index contributed by atoms with van der Waals surface area (Å²) in [7, 11) is 3.62. The predicted molar refractivity (Wildman–Crippen MR) is 81.5 cm³/mol. The topological polar surface area (TPSA) is 38.5 Å². The number of nitrogens with zero attached hydrogens (tertiary/aromatic N) is 1. The molecular formula is C16H27FN2O. The Morgan fingerprint density at radius 2 is 2.05 bits per heavy atom. The van der Waals surface area contributed by atoms with Gasteiger partial charge in [0.1, 0.15) is 11.6 Å². The van der Waals surface area contributed by atoms with Crippen molar-refractivity contribution in [3.8, 4) is 5.75 Å². The van der Waals surface area contributed by atoms with Crippen LogP contribution in [0.1, 0.15) is 45.2 Å². The Morgan fingerprint density at radius 1 is 1.40 bits per heavy atom. The van der Waals surface area contributed by atoms with Gasteiger partial charge in [-0.25, -0.2) is 4.39 Å². The van der Waals surface area contributed by atoms with Crippen molar-refractivity contribution >= 4 is 0 Å². The summed E-state index contributed by atoms with van der Waals surface area (Å²) in [5.41, 5.74) is 6.75. The third-order valence-corrected chi connectivity index (χ3v) is 4.28. The highest BCUT2D eigenvalue weighted by Crippen LogP contribution is 2.29. The second kappa shape index (κ2) is 7.04. The fourth-order valence-corrected chi connectivity index (χ4v) is 2.10. The molecule has 1 atom stereocenters. The predicted octanol–water partition coefficient (Wildman–Crippen LogP) is 3.34. The van der Waals surface area contributed by atoms with Crippen molar-refractivity contribution in [3.05, 3.63) is 29.6 Å². The molecule has 0 heterocycles. The molecular weight excluding hydrogens is 255 g/mol. The molecule has 0 aliphatic rings. The molecule has 2 N–H and O–H groups in total. The number of halogens is 1. The summed E-state index contributed by atoms with van der Waals surface area (Å²) >= 11 is 0. The molecule has 0 fully saturated rings.